The summed E-state index contributed by atoms with van der Waals surface area (Å²) in [4.78, 5) is 17.0. The highest BCUT2D eigenvalue weighted by molar-refractivity contribution is 7.80. The maximum absolute atomic E-state index is 6.30. The van der Waals surface area contributed by atoms with E-state index in [0.29, 0.717) is 28.7 Å². The number of halogens is 1. The first-order valence-corrected chi connectivity index (χ1v) is 13.8. The molecule has 1 atom stereocenters. The molecular formula is C28H34ClN7S. The van der Waals surface area contributed by atoms with Gasteiger partial charge in [0.15, 0.2) is 5.11 Å². The van der Waals surface area contributed by atoms with E-state index in [4.69, 9.17) is 33.8 Å². The summed E-state index contributed by atoms with van der Waals surface area (Å²) in [5.74, 6) is 2.42. The van der Waals surface area contributed by atoms with Crippen molar-refractivity contribution >= 4 is 52.2 Å². The second-order valence-electron chi connectivity index (χ2n) is 9.65. The highest BCUT2D eigenvalue weighted by atomic mass is 35.5. The summed E-state index contributed by atoms with van der Waals surface area (Å²) in [6.45, 7) is 7.51. The second kappa shape index (κ2) is 12.0. The van der Waals surface area contributed by atoms with E-state index in [1.807, 2.05) is 24.3 Å². The Balaban J connectivity index is 1.32. The zero-order valence-corrected chi connectivity index (χ0v) is 22.8. The lowest BCUT2D eigenvalue weighted by Gasteiger charge is -2.38. The third-order valence-corrected chi connectivity index (χ3v) is 7.76. The number of anilines is 4. The van der Waals surface area contributed by atoms with Crippen LogP contribution in [-0.4, -0.2) is 53.8 Å². The molecule has 7 nitrogen and oxygen atoms in total. The van der Waals surface area contributed by atoms with Crippen LogP contribution in [0.5, 0.6) is 0 Å². The van der Waals surface area contributed by atoms with E-state index in [0.717, 1.165) is 49.9 Å². The Morgan fingerprint density at radius 2 is 1.62 bits per heavy atom. The molecular weight excluding hydrogens is 502 g/mol. The number of para-hydroxylation sites is 1. The monoisotopic (exact) mass is 535 g/mol. The number of thiocarbonyl (C=S) groups is 1. The third-order valence-electron chi connectivity index (χ3n) is 7.14. The number of nitrogens with one attached hydrogen (secondary N) is 2. The van der Waals surface area contributed by atoms with E-state index in [1.165, 1.54) is 24.9 Å². The molecule has 2 aromatic carbocycles. The zero-order chi connectivity index (χ0) is 25.6. The lowest BCUT2D eigenvalue weighted by molar-refractivity contribution is 0.481. The number of piperidine rings is 1. The average molecular weight is 536 g/mol. The van der Waals surface area contributed by atoms with Crippen LogP contribution in [0.15, 0.2) is 60.7 Å². The molecule has 2 saturated heterocycles. The van der Waals surface area contributed by atoms with Gasteiger partial charge >= 0.3 is 0 Å². The standard InChI is InChI=1S/C28H34ClN7S/c1-21-9-7-8-14-36(21)26-19-25(35-17-15-34(16-18-35)23-11-3-2-4-12-23)31-27(32-26)33-28(37)30-20-22-10-5-6-13-24(22)29/h2-6,10-13,19,21H,7-9,14-18,20H2,1H3,(H2,30,31,32,33,37). The van der Waals surface area contributed by atoms with E-state index in [-0.39, 0.29) is 0 Å². The van der Waals surface area contributed by atoms with Crippen molar-refractivity contribution in [3.8, 4) is 0 Å². The van der Waals surface area contributed by atoms with Crippen LogP contribution in [-0.2, 0) is 6.54 Å². The van der Waals surface area contributed by atoms with E-state index < -0.39 is 0 Å². The fourth-order valence-electron chi connectivity index (χ4n) is 5.02. The van der Waals surface area contributed by atoms with Gasteiger partial charge in [-0.05, 0) is 62.2 Å². The van der Waals surface area contributed by atoms with Gasteiger partial charge in [-0.25, -0.2) is 0 Å². The van der Waals surface area contributed by atoms with E-state index in [9.17, 15) is 0 Å². The van der Waals surface area contributed by atoms with Crippen LogP contribution in [0, 0.1) is 0 Å². The summed E-state index contributed by atoms with van der Waals surface area (Å²) < 4.78 is 0. The minimum absolute atomic E-state index is 0.449. The summed E-state index contributed by atoms with van der Waals surface area (Å²) in [7, 11) is 0. The summed E-state index contributed by atoms with van der Waals surface area (Å²) >= 11 is 11.9. The molecule has 3 heterocycles. The number of benzene rings is 2. The SMILES string of the molecule is CC1CCCCN1c1cc(N2CCN(c3ccccc3)CC2)nc(NC(=S)NCc2ccccc2Cl)n1. The van der Waals surface area contributed by atoms with Crippen LogP contribution in [0.2, 0.25) is 5.02 Å². The minimum atomic E-state index is 0.449. The molecule has 194 valence electrons. The molecule has 0 spiro atoms. The quantitative estimate of drug-likeness (QED) is 0.411. The molecule has 2 aliphatic heterocycles. The van der Waals surface area contributed by atoms with E-state index in [2.05, 4.69) is 68.7 Å². The number of nitrogens with zero attached hydrogens (tertiary/aromatic N) is 5. The molecule has 1 unspecified atom stereocenters. The number of aromatic nitrogens is 2. The Morgan fingerprint density at radius 1 is 0.919 bits per heavy atom. The van der Waals surface area contributed by atoms with Crippen molar-refractivity contribution in [2.24, 2.45) is 0 Å². The highest BCUT2D eigenvalue weighted by Crippen LogP contribution is 2.28. The van der Waals surface area contributed by atoms with E-state index in [1.54, 1.807) is 0 Å². The number of hydrogen-bond acceptors (Lipinski definition) is 6. The maximum Gasteiger partial charge on any atom is 0.232 e. The van der Waals surface area contributed by atoms with Crippen LogP contribution < -0.4 is 25.3 Å². The first-order valence-electron chi connectivity index (χ1n) is 13.1. The van der Waals surface area contributed by atoms with Crippen LogP contribution >= 0.6 is 23.8 Å². The minimum Gasteiger partial charge on any atom is -0.368 e. The smallest absolute Gasteiger partial charge is 0.232 e. The Morgan fingerprint density at radius 3 is 2.38 bits per heavy atom. The van der Waals surface area contributed by atoms with Gasteiger partial charge in [0.25, 0.3) is 0 Å². The van der Waals surface area contributed by atoms with Crippen molar-refractivity contribution in [2.45, 2.75) is 38.8 Å². The topological polar surface area (TPSA) is 59.6 Å². The van der Waals surface area contributed by atoms with Crippen LogP contribution in [0.1, 0.15) is 31.7 Å². The van der Waals surface area contributed by atoms with Crippen molar-refractivity contribution in [3.05, 3.63) is 71.2 Å². The van der Waals surface area contributed by atoms with Gasteiger partial charge in [-0.15, -0.1) is 0 Å². The Kier molecular flexibility index (Phi) is 8.26. The fourth-order valence-corrected chi connectivity index (χ4v) is 5.39. The molecule has 3 aromatic rings. The van der Waals surface area contributed by atoms with E-state index >= 15 is 0 Å². The molecule has 1 aromatic heterocycles. The van der Waals surface area contributed by atoms with Crippen molar-refractivity contribution in [2.75, 3.05) is 52.7 Å². The van der Waals surface area contributed by atoms with Crippen LogP contribution in [0.4, 0.5) is 23.3 Å². The van der Waals surface area contributed by atoms with Gasteiger partial charge in [0.1, 0.15) is 11.6 Å². The molecule has 0 saturated carbocycles. The molecule has 2 aliphatic rings. The van der Waals surface area contributed by atoms with Crippen molar-refractivity contribution < 1.29 is 0 Å². The van der Waals surface area contributed by atoms with Gasteiger partial charge < -0.3 is 25.3 Å². The van der Waals surface area contributed by atoms with Gasteiger partial charge in [0, 0.05) is 62.1 Å². The molecule has 2 N–H and O–H groups in total. The van der Waals surface area contributed by atoms with Crippen LogP contribution in [0.3, 0.4) is 0 Å². The zero-order valence-electron chi connectivity index (χ0n) is 21.2. The van der Waals surface area contributed by atoms with Gasteiger partial charge in [0.2, 0.25) is 5.95 Å². The van der Waals surface area contributed by atoms with Crippen LogP contribution in [0.25, 0.3) is 0 Å². The molecule has 0 aliphatic carbocycles. The molecule has 37 heavy (non-hydrogen) atoms. The molecule has 0 amide bonds. The van der Waals surface area contributed by atoms with Gasteiger partial charge in [-0.2, -0.15) is 9.97 Å². The highest BCUT2D eigenvalue weighted by Gasteiger charge is 2.24. The lowest BCUT2D eigenvalue weighted by atomic mass is 10.0. The fraction of sp³-hybridized carbons (Fsp3) is 0.393. The van der Waals surface area contributed by atoms with Gasteiger partial charge in [0.05, 0.1) is 0 Å². The number of hydrogen-bond donors (Lipinski definition) is 2. The molecule has 5 rings (SSSR count). The molecule has 2 fully saturated rings. The number of rotatable bonds is 6. The van der Waals surface area contributed by atoms with Gasteiger partial charge in [-0.3, -0.25) is 0 Å². The molecule has 0 bridgehead atoms. The Labute approximate surface area is 229 Å². The summed E-state index contributed by atoms with van der Waals surface area (Å²) in [5, 5.41) is 7.66. The largest absolute Gasteiger partial charge is 0.368 e. The van der Waals surface area contributed by atoms with Crippen molar-refractivity contribution in [1.29, 1.82) is 0 Å². The van der Waals surface area contributed by atoms with Crippen molar-refractivity contribution in [1.82, 2.24) is 15.3 Å². The Bertz CT molecular complexity index is 1200. The summed E-state index contributed by atoms with van der Waals surface area (Å²) in [6, 6.07) is 21.0. The number of piperazine rings is 1. The predicted octanol–water partition coefficient (Wildman–Crippen LogP) is 5.32. The first-order chi connectivity index (χ1) is 18.1. The summed E-state index contributed by atoms with van der Waals surface area (Å²) in [5.41, 5.74) is 2.26. The van der Waals surface area contributed by atoms with Gasteiger partial charge in [-0.1, -0.05) is 48.0 Å². The summed E-state index contributed by atoms with van der Waals surface area (Å²) in [6.07, 6.45) is 3.62. The normalized spacial score (nSPS) is 18.0. The third kappa shape index (κ3) is 6.43. The van der Waals surface area contributed by atoms with Crippen molar-refractivity contribution in [3.63, 3.8) is 0 Å². The molecule has 9 heteroatoms. The Hall–Kier alpha value is -3.10. The second-order valence-corrected chi connectivity index (χ2v) is 10.5. The first kappa shape index (κ1) is 25.5. The lowest BCUT2D eigenvalue weighted by Crippen LogP contribution is -2.47. The maximum atomic E-state index is 6.30. The molecule has 0 radical (unpaired) electrons. The average Bonchev–Trinajstić information content (AvgIpc) is 2.93. The predicted molar refractivity (Wildman–Crippen MR) is 158 cm³/mol.